The highest BCUT2D eigenvalue weighted by molar-refractivity contribution is 6.19. The van der Waals surface area contributed by atoms with Crippen molar-refractivity contribution in [3.8, 4) is 0 Å². The van der Waals surface area contributed by atoms with E-state index < -0.39 is 5.97 Å². The number of pyridine rings is 1. The molecule has 0 amide bonds. The third-order valence-electron chi connectivity index (χ3n) is 1.80. The summed E-state index contributed by atoms with van der Waals surface area (Å²) >= 11 is 0. The zero-order valence-electron chi connectivity index (χ0n) is 8.56. The SMILES string of the molecule is COC(=O)/C(=C\c1ccncc1)C(C)=O. The van der Waals surface area contributed by atoms with Crippen LogP contribution in [0.4, 0.5) is 0 Å². The number of ether oxygens (including phenoxy) is 1. The lowest BCUT2D eigenvalue weighted by molar-refractivity contribution is -0.137. The van der Waals surface area contributed by atoms with Crippen molar-refractivity contribution in [1.82, 2.24) is 4.98 Å². The lowest BCUT2D eigenvalue weighted by Gasteiger charge is -2.00. The molecule has 0 aliphatic heterocycles. The third kappa shape index (κ3) is 3.02. The van der Waals surface area contributed by atoms with E-state index in [1.165, 1.54) is 20.1 Å². The van der Waals surface area contributed by atoms with Crippen molar-refractivity contribution in [2.45, 2.75) is 6.92 Å². The van der Waals surface area contributed by atoms with E-state index in [-0.39, 0.29) is 11.4 Å². The van der Waals surface area contributed by atoms with Gasteiger partial charge in [0.2, 0.25) is 0 Å². The third-order valence-corrected chi connectivity index (χ3v) is 1.80. The first-order chi connectivity index (χ1) is 7.15. The number of hydrogen-bond acceptors (Lipinski definition) is 4. The second kappa shape index (κ2) is 5.05. The van der Waals surface area contributed by atoms with Crippen LogP contribution in [0.5, 0.6) is 0 Å². The number of esters is 1. The van der Waals surface area contributed by atoms with Crippen LogP contribution in [0, 0.1) is 0 Å². The number of carbonyl (C=O) groups excluding carboxylic acids is 2. The first-order valence-corrected chi connectivity index (χ1v) is 4.36. The number of aromatic nitrogens is 1. The Balaban J connectivity index is 3.05. The summed E-state index contributed by atoms with van der Waals surface area (Å²) in [6, 6.07) is 3.40. The van der Waals surface area contributed by atoms with Crippen LogP contribution in [0.3, 0.4) is 0 Å². The molecule has 0 aliphatic carbocycles. The number of methoxy groups -OCH3 is 1. The molecule has 78 valence electrons. The molecule has 1 aromatic rings. The molecule has 4 nitrogen and oxygen atoms in total. The summed E-state index contributed by atoms with van der Waals surface area (Å²) in [5.74, 6) is -0.946. The van der Waals surface area contributed by atoms with Crippen LogP contribution in [0.15, 0.2) is 30.1 Å². The van der Waals surface area contributed by atoms with Gasteiger partial charge in [-0.05, 0) is 30.7 Å². The Kier molecular flexibility index (Phi) is 3.74. The van der Waals surface area contributed by atoms with Gasteiger partial charge in [-0.15, -0.1) is 0 Å². The van der Waals surface area contributed by atoms with Gasteiger partial charge in [0.1, 0.15) is 5.57 Å². The summed E-state index contributed by atoms with van der Waals surface area (Å²) in [5.41, 5.74) is 0.768. The Hall–Kier alpha value is -1.97. The molecule has 0 spiro atoms. The molecule has 0 radical (unpaired) electrons. The molecular formula is C11H11NO3. The molecule has 4 heteroatoms. The van der Waals surface area contributed by atoms with Crippen molar-refractivity contribution in [1.29, 1.82) is 0 Å². The number of Topliss-reactive ketones (excluding diaryl/α,β-unsaturated/α-hetero) is 1. The van der Waals surface area contributed by atoms with Crippen molar-refractivity contribution < 1.29 is 14.3 Å². The standard InChI is InChI=1S/C11H11NO3/c1-8(13)10(11(14)15-2)7-9-3-5-12-6-4-9/h3-7H,1-2H3/b10-7-. The lowest BCUT2D eigenvalue weighted by atomic mass is 10.1. The monoisotopic (exact) mass is 205 g/mol. The van der Waals surface area contributed by atoms with E-state index in [1.807, 2.05) is 0 Å². The van der Waals surface area contributed by atoms with Crippen molar-refractivity contribution in [3.05, 3.63) is 35.7 Å². The van der Waals surface area contributed by atoms with Crippen LogP contribution < -0.4 is 0 Å². The van der Waals surface area contributed by atoms with Crippen molar-refractivity contribution in [3.63, 3.8) is 0 Å². The van der Waals surface area contributed by atoms with Crippen LogP contribution in [0.2, 0.25) is 0 Å². The van der Waals surface area contributed by atoms with E-state index in [2.05, 4.69) is 9.72 Å². The summed E-state index contributed by atoms with van der Waals surface area (Å²) in [4.78, 5) is 26.2. The van der Waals surface area contributed by atoms with E-state index in [4.69, 9.17) is 0 Å². The topological polar surface area (TPSA) is 56.3 Å². The van der Waals surface area contributed by atoms with Crippen LogP contribution in [-0.2, 0) is 14.3 Å². The minimum absolute atomic E-state index is 0.0312. The van der Waals surface area contributed by atoms with Crippen molar-refractivity contribution >= 4 is 17.8 Å². The fourth-order valence-corrected chi connectivity index (χ4v) is 1.04. The smallest absolute Gasteiger partial charge is 0.341 e. The number of ketones is 1. The predicted molar refractivity (Wildman–Crippen MR) is 54.9 cm³/mol. The molecule has 0 bridgehead atoms. The number of carbonyl (C=O) groups is 2. The van der Waals surface area contributed by atoms with Gasteiger partial charge in [0.05, 0.1) is 7.11 Å². The molecule has 0 aliphatic rings. The molecule has 1 aromatic heterocycles. The van der Waals surface area contributed by atoms with Gasteiger partial charge in [-0.25, -0.2) is 4.79 Å². The highest BCUT2D eigenvalue weighted by Crippen LogP contribution is 2.07. The highest BCUT2D eigenvalue weighted by Gasteiger charge is 2.14. The Bertz CT molecular complexity index is 396. The van der Waals surface area contributed by atoms with E-state index in [0.717, 1.165) is 5.56 Å². The maximum absolute atomic E-state index is 11.2. The van der Waals surface area contributed by atoms with Gasteiger partial charge >= 0.3 is 5.97 Å². The molecule has 15 heavy (non-hydrogen) atoms. The Labute approximate surface area is 87.6 Å². The number of hydrogen-bond donors (Lipinski definition) is 0. The highest BCUT2D eigenvalue weighted by atomic mass is 16.5. The van der Waals surface area contributed by atoms with Crippen LogP contribution >= 0.6 is 0 Å². The van der Waals surface area contributed by atoms with Crippen LogP contribution in [0.1, 0.15) is 12.5 Å². The Morgan fingerprint density at radius 2 is 1.93 bits per heavy atom. The molecule has 0 atom stereocenters. The van der Waals surface area contributed by atoms with E-state index in [0.29, 0.717) is 0 Å². The molecule has 0 unspecified atom stereocenters. The first-order valence-electron chi connectivity index (χ1n) is 4.36. The minimum atomic E-state index is -0.626. The maximum Gasteiger partial charge on any atom is 0.341 e. The fraction of sp³-hybridized carbons (Fsp3) is 0.182. The van der Waals surface area contributed by atoms with Crippen molar-refractivity contribution in [2.75, 3.05) is 7.11 Å². The minimum Gasteiger partial charge on any atom is -0.465 e. The molecule has 0 saturated carbocycles. The zero-order valence-corrected chi connectivity index (χ0v) is 8.56. The van der Waals surface area contributed by atoms with Gasteiger partial charge in [0.15, 0.2) is 5.78 Å². The average molecular weight is 205 g/mol. The number of nitrogens with zero attached hydrogens (tertiary/aromatic N) is 1. The summed E-state index contributed by atoms with van der Waals surface area (Å²) in [5, 5.41) is 0. The van der Waals surface area contributed by atoms with Crippen LogP contribution in [0.25, 0.3) is 6.08 Å². The molecular weight excluding hydrogens is 194 g/mol. The summed E-state index contributed by atoms with van der Waals surface area (Å²) in [6.45, 7) is 1.32. The lowest BCUT2D eigenvalue weighted by Crippen LogP contribution is -2.11. The Morgan fingerprint density at radius 3 is 2.40 bits per heavy atom. The second-order valence-corrected chi connectivity index (χ2v) is 2.89. The van der Waals surface area contributed by atoms with Gasteiger partial charge in [-0.3, -0.25) is 9.78 Å². The van der Waals surface area contributed by atoms with E-state index >= 15 is 0 Å². The number of rotatable bonds is 3. The van der Waals surface area contributed by atoms with Gasteiger partial charge in [-0.2, -0.15) is 0 Å². The molecule has 0 saturated heterocycles. The Morgan fingerprint density at radius 1 is 1.33 bits per heavy atom. The van der Waals surface area contributed by atoms with Gasteiger partial charge in [-0.1, -0.05) is 0 Å². The average Bonchev–Trinajstić information content (AvgIpc) is 2.26. The quantitative estimate of drug-likeness (QED) is 0.322. The molecule has 1 heterocycles. The maximum atomic E-state index is 11.2. The summed E-state index contributed by atoms with van der Waals surface area (Å²) in [6.07, 6.45) is 4.65. The fourth-order valence-electron chi connectivity index (χ4n) is 1.04. The summed E-state index contributed by atoms with van der Waals surface area (Å²) < 4.78 is 4.50. The largest absolute Gasteiger partial charge is 0.465 e. The second-order valence-electron chi connectivity index (χ2n) is 2.89. The molecule has 0 N–H and O–H groups in total. The van der Waals surface area contributed by atoms with Gasteiger partial charge in [0, 0.05) is 12.4 Å². The summed E-state index contributed by atoms with van der Waals surface area (Å²) in [7, 11) is 1.24. The van der Waals surface area contributed by atoms with Crippen molar-refractivity contribution in [2.24, 2.45) is 0 Å². The zero-order chi connectivity index (χ0) is 11.3. The molecule has 0 fully saturated rings. The van der Waals surface area contributed by atoms with Gasteiger partial charge < -0.3 is 4.74 Å². The van der Waals surface area contributed by atoms with Crippen LogP contribution in [-0.4, -0.2) is 23.8 Å². The molecule has 0 aromatic carbocycles. The molecule has 1 rings (SSSR count). The predicted octanol–water partition coefficient (Wildman–Crippen LogP) is 1.23. The van der Waals surface area contributed by atoms with E-state index in [9.17, 15) is 9.59 Å². The van der Waals surface area contributed by atoms with Gasteiger partial charge in [0.25, 0.3) is 0 Å². The normalized spacial score (nSPS) is 10.9. The van der Waals surface area contributed by atoms with E-state index in [1.54, 1.807) is 24.5 Å². The first kappa shape index (κ1) is 11.1.